The Hall–Kier alpha value is -2.43. The summed E-state index contributed by atoms with van der Waals surface area (Å²) in [4.78, 5) is 20.0. The lowest BCUT2D eigenvalue weighted by Gasteiger charge is -2.08. The molecule has 2 aromatic rings. The molecule has 1 aliphatic carbocycles. The second-order valence-corrected chi connectivity index (χ2v) is 4.89. The molecule has 3 rings (SSSR count). The zero-order valence-electron chi connectivity index (χ0n) is 11.0. The first-order chi connectivity index (χ1) is 9.81. The third-order valence-corrected chi connectivity index (χ3v) is 3.15. The molecule has 20 heavy (non-hydrogen) atoms. The lowest BCUT2D eigenvalue weighted by molar-refractivity contribution is 0.0946. The van der Waals surface area contributed by atoms with Crippen LogP contribution in [0.15, 0.2) is 42.9 Å². The summed E-state index contributed by atoms with van der Waals surface area (Å²) in [6.07, 6.45) is 7.32. The summed E-state index contributed by atoms with van der Waals surface area (Å²) in [6, 6.07) is 7.88. The number of amides is 1. The Balaban J connectivity index is 1.63. The van der Waals surface area contributed by atoms with Crippen LogP contribution in [0, 0.1) is 0 Å². The van der Waals surface area contributed by atoms with Crippen LogP contribution in [0.3, 0.4) is 0 Å². The topological polar surface area (TPSA) is 66.9 Å². The Kier molecular flexibility index (Phi) is 3.58. The normalized spacial score (nSPS) is 13.8. The van der Waals surface area contributed by atoms with Gasteiger partial charge in [-0.15, -0.1) is 0 Å². The summed E-state index contributed by atoms with van der Waals surface area (Å²) >= 11 is 0. The molecule has 0 radical (unpaired) electrons. The fourth-order valence-corrected chi connectivity index (χ4v) is 1.86. The van der Waals surface area contributed by atoms with E-state index < -0.39 is 0 Å². The van der Waals surface area contributed by atoms with Crippen molar-refractivity contribution in [2.24, 2.45) is 0 Å². The van der Waals surface area contributed by atoms with Crippen molar-refractivity contribution in [3.63, 3.8) is 0 Å². The van der Waals surface area contributed by atoms with E-state index in [1.165, 1.54) is 0 Å². The molecular weight excluding hydrogens is 252 g/mol. The maximum Gasteiger partial charge on any atom is 0.270 e. The van der Waals surface area contributed by atoms with Crippen molar-refractivity contribution in [3.8, 4) is 0 Å². The number of carbonyl (C=O) groups excluding carboxylic acids is 1. The van der Waals surface area contributed by atoms with Crippen LogP contribution in [0.1, 0.15) is 28.9 Å². The first-order valence-corrected chi connectivity index (χ1v) is 6.71. The molecule has 1 aliphatic rings. The molecule has 5 heteroatoms. The van der Waals surface area contributed by atoms with Crippen molar-refractivity contribution < 1.29 is 4.79 Å². The van der Waals surface area contributed by atoms with Crippen molar-refractivity contribution in [2.45, 2.75) is 25.4 Å². The Morgan fingerprint density at radius 2 is 2.00 bits per heavy atom. The number of anilines is 1. The smallest absolute Gasteiger partial charge is 0.270 e. The van der Waals surface area contributed by atoms with Gasteiger partial charge in [0.2, 0.25) is 0 Å². The van der Waals surface area contributed by atoms with E-state index in [0.29, 0.717) is 18.3 Å². The number of nitrogens with one attached hydrogen (secondary N) is 2. The number of carbonyl (C=O) groups is 1. The summed E-state index contributed by atoms with van der Waals surface area (Å²) in [5.41, 5.74) is 2.48. The van der Waals surface area contributed by atoms with Crippen LogP contribution in [0.25, 0.3) is 0 Å². The van der Waals surface area contributed by atoms with Crippen molar-refractivity contribution in [1.29, 1.82) is 0 Å². The molecule has 0 bridgehead atoms. The van der Waals surface area contributed by atoms with E-state index in [2.05, 4.69) is 20.6 Å². The van der Waals surface area contributed by atoms with Gasteiger partial charge in [-0.05, 0) is 42.7 Å². The Bertz CT molecular complexity index is 596. The van der Waals surface area contributed by atoms with Gasteiger partial charge in [0.25, 0.3) is 5.91 Å². The van der Waals surface area contributed by atoms with E-state index in [0.717, 1.165) is 24.1 Å². The quantitative estimate of drug-likeness (QED) is 0.870. The van der Waals surface area contributed by atoms with Gasteiger partial charge in [0.15, 0.2) is 0 Å². The van der Waals surface area contributed by atoms with Crippen LogP contribution in [0.5, 0.6) is 0 Å². The van der Waals surface area contributed by atoms with Crippen LogP contribution in [0.4, 0.5) is 5.69 Å². The highest BCUT2D eigenvalue weighted by atomic mass is 16.2. The molecule has 1 fully saturated rings. The van der Waals surface area contributed by atoms with Crippen molar-refractivity contribution in [3.05, 3.63) is 54.1 Å². The molecule has 0 aliphatic heterocycles. The molecule has 0 aromatic carbocycles. The SMILES string of the molecule is O=C(NC1CC1)c1cc(NCc2ccncc2)ccn1. The molecule has 0 unspecified atom stereocenters. The van der Waals surface area contributed by atoms with Gasteiger partial charge in [-0.3, -0.25) is 14.8 Å². The summed E-state index contributed by atoms with van der Waals surface area (Å²) in [5.74, 6) is -0.0972. The van der Waals surface area contributed by atoms with Gasteiger partial charge in [-0.2, -0.15) is 0 Å². The van der Waals surface area contributed by atoms with Crippen molar-refractivity contribution in [1.82, 2.24) is 15.3 Å². The predicted molar refractivity (Wildman–Crippen MR) is 76.3 cm³/mol. The number of rotatable bonds is 5. The average molecular weight is 268 g/mol. The highest BCUT2D eigenvalue weighted by Crippen LogP contribution is 2.19. The molecule has 1 amide bonds. The van der Waals surface area contributed by atoms with Crippen molar-refractivity contribution in [2.75, 3.05) is 5.32 Å². The van der Waals surface area contributed by atoms with Gasteiger partial charge in [0.05, 0.1) is 0 Å². The predicted octanol–water partition coefficient (Wildman–Crippen LogP) is 1.98. The molecule has 0 spiro atoms. The van der Waals surface area contributed by atoms with Gasteiger partial charge < -0.3 is 10.6 Å². The molecule has 102 valence electrons. The first kappa shape index (κ1) is 12.6. The van der Waals surface area contributed by atoms with Gasteiger partial charge in [-0.1, -0.05) is 0 Å². The monoisotopic (exact) mass is 268 g/mol. The fourth-order valence-electron chi connectivity index (χ4n) is 1.86. The van der Waals surface area contributed by atoms with Crippen LogP contribution >= 0.6 is 0 Å². The van der Waals surface area contributed by atoms with Gasteiger partial charge in [0, 0.05) is 36.9 Å². The Morgan fingerprint density at radius 1 is 1.20 bits per heavy atom. The van der Waals surface area contributed by atoms with E-state index in [-0.39, 0.29) is 5.91 Å². The van der Waals surface area contributed by atoms with Crippen molar-refractivity contribution >= 4 is 11.6 Å². The van der Waals surface area contributed by atoms with Crippen LogP contribution in [-0.2, 0) is 6.54 Å². The minimum Gasteiger partial charge on any atom is -0.381 e. The Labute approximate surface area is 117 Å². The lowest BCUT2D eigenvalue weighted by Crippen LogP contribution is -2.26. The van der Waals surface area contributed by atoms with E-state index >= 15 is 0 Å². The highest BCUT2D eigenvalue weighted by molar-refractivity contribution is 5.93. The maximum atomic E-state index is 11.9. The standard InChI is InChI=1S/C15H16N4O/c20-15(19-12-1-2-12)14-9-13(5-8-17-14)18-10-11-3-6-16-7-4-11/h3-9,12H,1-2,10H2,(H,17,18)(H,19,20). The van der Waals surface area contributed by atoms with Gasteiger partial charge >= 0.3 is 0 Å². The molecule has 0 saturated heterocycles. The number of hydrogen-bond donors (Lipinski definition) is 2. The fraction of sp³-hybridized carbons (Fsp3) is 0.267. The summed E-state index contributed by atoms with van der Waals surface area (Å²) < 4.78 is 0. The Morgan fingerprint density at radius 3 is 2.75 bits per heavy atom. The third-order valence-electron chi connectivity index (χ3n) is 3.15. The van der Waals surface area contributed by atoms with E-state index in [1.807, 2.05) is 18.2 Å². The second kappa shape index (κ2) is 5.69. The van der Waals surface area contributed by atoms with Gasteiger partial charge in [-0.25, -0.2) is 0 Å². The second-order valence-electron chi connectivity index (χ2n) is 4.89. The molecule has 1 saturated carbocycles. The molecule has 2 N–H and O–H groups in total. The lowest BCUT2D eigenvalue weighted by atomic mass is 10.2. The number of pyridine rings is 2. The minimum atomic E-state index is -0.0972. The minimum absolute atomic E-state index is 0.0972. The highest BCUT2D eigenvalue weighted by Gasteiger charge is 2.24. The van der Waals surface area contributed by atoms with Crippen LogP contribution < -0.4 is 10.6 Å². The van der Waals surface area contributed by atoms with Gasteiger partial charge in [0.1, 0.15) is 5.69 Å². The number of aromatic nitrogens is 2. The van der Waals surface area contributed by atoms with Crippen LogP contribution in [-0.4, -0.2) is 21.9 Å². The molecule has 5 nitrogen and oxygen atoms in total. The zero-order valence-corrected chi connectivity index (χ0v) is 11.0. The molecule has 0 atom stereocenters. The molecular formula is C15H16N4O. The summed E-state index contributed by atoms with van der Waals surface area (Å²) in [5, 5.41) is 6.21. The van der Waals surface area contributed by atoms with E-state index in [1.54, 1.807) is 24.7 Å². The zero-order chi connectivity index (χ0) is 13.8. The molecule has 2 heterocycles. The number of hydrogen-bond acceptors (Lipinski definition) is 4. The van der Waals surface area contributed by atoms with E-state index in [9.17, 15) is 4.79 Å². The summed E-state index contributed by atoms with van der Waals surface area (Å²) in [6.45, 7) is 0.691. The third kappa shape index (κ3) is 3.32. The molecule has 2 aromatic heterocycles. The average Bonchev–Trinajstić information content (AvgIpc) is 3.30. The first-order valence-electron chi connectivity index (χ1n) is 6.71. The summed E-state index contributed by atoms with van der Waals surface area (Å²) in [7, 11) is 0. The number of nitrogens with zero attached hydrogens (tertiary/aromatic N) is 2. The van der Waals surface area contributed by atoms with E-state index in [4.69, 9.17) is 0 Å². The maximum absolute atomic E-state index is 11.9. The largest absolute Gasteiger partial charge is 0.381 e. The van der Waals surface area contributed by atoms with Crippen LogP contribution in [0.2, 0.25) is 0 Å².